The number of halogens is 1. The molecule has 0 unspecified atom stereocenters. The lowest BCUT2D eigenvalue weighted by Crippen LogP contribution is -2.51. The number of nitrogens with zero attached hydrogens (tertiary/aromatic N) is 1. The monoisotopic (exact) mass is 421 g/mol. The number of para-hydroxylation sites is 1. The van der Waals surface area contributed by atoms with Gasteiger partial charge in [-0.3, -0.25) is 19.2 Å². The number of rotatable bonds is 2. The molecule has 1 spiro atoms. The number of Topliss-reactive ketones (excluding diaryl/α,β-unsaturated/α-hetero) is 2. The third kappa shape index (κ3) is 2.03. The predicted molar refractivity (Wildman–Crippen MR) is 106 cm³/mol. The molecule has 2 aromatic carbocycles. The van der Waals surface area contributed by atoms with Crippen LogP contribution in [0, 0.1) is 17.8 Å². The molecule has 3 fully saturated rings. The van der Waals surface area contributed by atoms with E-state index in [-0.39, 0.29) is 27.8 Å². The SMILES string of the molecule is O=C1[C@H]2[C@@H](C3CC3)OC3(C(=O)c4ccccc4C3=O)[C@H]2C(=O)N1c1ccccc1Cl. The molecule has 1 saturated carbocycles. The molecule has 30 heavy (non-hydrogen) atoms. The first kappa shape index (κ1) is 18.0. The Morgan fingerprint density at radius 3 is 2.07 bits per heavy atom. The maximum absolute atomic E-state index is 13.6. The number of benzene rings is 2. The second-order valence-corrected chi connectivity index (χ2v) is 8.73. The van der Waals surface area contributed by atoms with Crippen LogP contribution in [0.1, 0.15) is 33.6 Å². The standard InChI is InChI=1S/C23H16ClNO5/c24-14-7-3-4-8-15(14)25-21(28)16-17(22(25)29)23(30-18(16)11-9-10-11)19(26)12-5-1-2-6-13(12)20(23)27/h1-8,11,16-18H,9-10H2/t16-,17-,18-/m1/s1. The molecule has 2 saturated heterocycles. The number of imide groups is 1. The van der Waals surface area contributed by atoms with Crippen LogP contribution in [0.4, 0.5) is 5.69 Å². The normalized spacial score (nSPS) is 29.1. The average Bonchev–Trinajstić information content (AvgIpc) is 3.44. The Hall–Kier alpha value is -2.83. The summed E-state index contributed by atoms with van der Waals surface area (Å²) in [5.41, 5.74) is -1.21. The summed E-state index contributed by atoms with van der Waals surface area (Å²) in [6.07, 6.45) is 1.04. The topological polar surface area (TPSA) is 80.8 Å². The molecular formula is C23H16ClNO5. The van der Waals surface area contributed by atoms with Crippen LogP contribution in [-0.2, 0) is 14.3 Å². The maximum atomic E-state index is 13.6. The minimum atomic E-state index is -1.97. The van der Waals surface area contributed by atoms with Gasteiger partial charge in [-0.2, -0.15) is 0 Å². The zero-order valence-electron chi connectivity index (χ0n) is 15.7. The molecule has 6 rings (SSSR count). The van der Waals surface area contributed by atoms with Gasteiger partial charge < -0.3 is 4.74 Å². The number of ketones is 2. The number of anilines is 1. The summed E-state index contributed by atoms with van der Waals surface area (Å²) in [7, 11) is 0. The quantitative estimate of drug-likeness (QED) is 0.550. The Bertz CT molecular complexity index is 1130. The van der Waals surface area contributed by atoms with Crippen LogP contribution in [0.25, 0.3) is 0 Å². The van der Waals surface area contributed by atoms with Gasteiger partial charge in [-0.05, 0) is 30.9 Å². The summed E-state index contributed by atoms with van der Waals surface area (Å²) in [5, 5.41) is 0.254. The van der Waals surface area contributed by atoms with E-state index in [1.807, 2.05) is 0 Å². The van der Waals surface area contributed by atoms with E-state index in [1.54, 1.807) is 48.5 Å². The van der Waals surface area contributed by atoms with Crippen LogP contribution in [0.15, 0.2) is 48.5 Å². The van der Waals surface area contributed by atoms with Crippen molar-refractivity contribution in [3.8, 4) is 0 Å². The molecule has 7 heteroatoms. The van der Waals surface area contributed by atoms with Gasteiger partial charge in [-0.1, -0.05) is 48.0 Å². The Kier molecular flexibility index (Phi) is 3.51. The number of carbonyl (C=O) groups excluding carboxylic acids is 4. The van der Waals surface area contributed by atoms with Crippen molar-refractivity contribution < 1.29 is 23.9 Å². The molecule has 0 aromatic heterocycles. The largest absolute Gasteiger partial charge is 0.353 e. The minimum absolute atomic E-state index is 0.0594. The Morgan fingerprint density at radius 1 is 0.867 bits per heavy atom. The van der Waals surface area contributed by atoms with Gasteiger partial charge >= 0.3 is 0 Å². The smallest absolute Gasteiger partial charge is 0.241 e. The average molecular weight is 422 g/mol. The molecule has 0 radical (unpaired) electrons. The fraction of sp³-hybridized carbons (Fsp3) is 0.304. The van der Waals surface area contributed by atoms with E-state index >= 15 is 0 Å². The molecule has 2 aliphatic heterocycles. The molecule has 2 aromatic rings. The van der Waals surface area contributed by atoms with Crippen molar-refractivity contribution in [2.24, 2.45) is 17.8 Å². The van der Waals surface area contributed by atoms with Crippen molar-refractivity contribution in [3.05, 3.63) is 64.7 Å². The molecule has 150 valence electrons. The second-order valence-electron chi connectivity index (χ2n) is 8.33. The summed E-state index contributed by atoms with van der Waals surface area (Å²) in [4.78, 5) is 55.1. The van der Waals surface area contributed by atoms with Gasteiger partial charge in [0.1, 0.15) is 0 Å². The Labute approximate surface area is 176 Å². The lowest BCUT2D eigenvalue weighted by molar-refractivity contribution is -0.127. The molecular weight excluding hydrogens is 406 g/mol. The second kappa shape index (κ2) is 5.86. The summed E-state index contributed by atoms with van der Waals surface area (Å²) in [6, 6.07) is 13.1. The lowest BCUT2D eigenvalue weighted by atomic mass is 9.77. The highest BCUT2D eigenvalue weighted by Gasteiger charge is 2.75. The molecule has 0 bridgehead atoms. The molecule has 2 aliphatic carbocycles. The van der Waals surface area contributed by atoms with E-state index in [0.717, 1.165) is 17.7 Å². The molecule has 6 nitrogen and oxygen atoms in total. The Morgan fingerprint density at radius 2 is 1.47 bits per heavy atom. The number of amides is 2. The van der Waals surface area contributed by atoms with Crippen LogP contribution in [-0.4, -0.2) is 35.1 Å². The van der Waals surface area contributed by atoms with Gasteiger partial charge in [0.2, 0.25) is 29.0 Å². The van der Waals surface area contributed by atoms with Crippen molar-refractivity contribution in [1.29, 1.82) is 0 Å². The van der Waals surface area contributed by atoms with E-state index < -0.39 is 46.9 Å². The van der Waals surface area contributed by atoms with Gasteiger partial charge in [0, 0.05) is 11.1 Å². The van der Waals surface area contributed by atoms with Gasteiger partial charge in [0.25, 0.3) is 0 Å². The van der Waals surface area contributed by atoms with Crippen LogP contribution in [0.2, 0.25) is 5.02 Å². The Balaban J connectivity index is 1.53. The van der Waals surface area contributed by atoms with E-state index in [9.17, 15) is 19.2 Å². The van der Waals surface area contributed by atoms with E-state index in [2.05, 4.69) is 0 Å². The molecule has 0 N–H and O–H groups in total. The zero-order valence-corrected chi connectivity index (χ0v) is 16.5. The third-order valence-corrected chi connectivity index (χ3v) is 7.06. The number of hydrogen-bond donors (Lipinski definition) is 0. The molecule has 3 atom stereocenters. The highest BCUT2D eigenvalue weighted by atomic mass is 35.5. The summed E-state index contributed by atoms with van der Waals surface area (Å²) < 4.78 is 6.16. The molecule has 4 aliphatic rings. The van der Waals surface area contributed by atoms with Gasteiger partial charge in [0.15, 0.2) is 0 Å². The molecule has 2 amide bonds. The van der Waals surface area contributed by atoms with Crippen molar-refractivity contribution >= 4 is 40.7 Å². The fourth-order valence-electron chi connectivity index (χ4n) is 5.27. The van der Waals surface area contributed by atoms with Gasteiger partial charge in [0.05, 0.1) is 28.6 Å². The van der Waals surface area contributed by atoms with Crippen LogP contribution < -0.4 is 4.90 Å². The minimum Gasteiger partial charge on any atom is -0.353 e. The summed E-state index contributed by atoms with van der Waals surface area (Å²) >= 11 is 6.27. The summed E-state index contributed by atoms with van der Waals surface area (Å²) in [6.45, 7) is 0. The van der Waals surface area contributed by atoms with Gasteiger partial charge in [-0.25, -0.2) is 4.90 Å². The van der Waals surface area contributed by atoms with Crippen molar-refractivity contribution in [2.75, 3.05) is 4.90 Å². The summed E-state index contributed by atoms with van der Waals surface area (Å²) in [5.74, 6) is -4.10. The highest BCUT2D eigenvalue weighted by molar-refractivity contribution is 6.39. The molecule has 2 heterocycles. The van der Waals surface area contributed by atoms with E-state index in [0.29, 0.717) is 0 Å². The van der Waals surface area contributed by atoms with Crippen LogP contribution >= 0.6 is 11.6 Å². The maximum Gasteiger partial charge on any atom is 0.241 e. The van der Waals surface area contributed by atoms with Crippen molar-refractivity contribution in [1.82, 2.24) is 0 Å². The number of hydrogen-bond acceptors (Lipinski definition) is 5. The zero-order chi connectivity index (χ0) is 20.8. The third-order valence-electron chi connectivity index (χ3n) is 6.74. The predicted octanol–water partition coefficient (Wildman–Crippen LogP) is 3.07. The first-order valence-electron chi connectivity index (χ1n) is 9.95. The van der Waals surface area contributed by atoms with Crippen LogP contribution in [0.3, 0.4) is 0 Å². The van der Waals surface area contributed by atoms with Crippen LogP contribution in [0.5, 0.6) is 0 Å². The van der Waals surface area contributed by atoms with Gasteiger partial charge in [-0.15, -0.1) is 0 Å². The highest BCUT2D eigenvalue weighted by Crippen LogP contribution is 2.57. The lowest BCUT2D eigenvalue weighted by Gasteiger charge is -2.27. The number of ether oxygens (including phenoxy) is 1. The van der Waals surface area contributed by atoms with Crippen molar-refractivity contribution in [3.63, 3.8) is 0 Å². The van der Waals surface area contributed by atoms with E-state index in [4.69, 9.17) is 16.3 Å². The number of carbonyl (C=O) groups is 4. The first-order valence-corrected chi connectivity index (χ1v) is 10.3. The van der Waals surface area contributed by atoms with E-state index in [1.165, 1.54) is 0 Å². The fourth-order valence-corrected chi connectivity index (χ4v) is 5.49. The number of fused-ring (bicyclic) bond motifs is 3. The van der Waals surface area contributed by atoms with Crippen molar-refractivity contribution in [2.45, 2.75) is 24.5 Å². The first-order chi connectivity index (χ1) is 14.5.